The summed E-state index contributed by atoms with van der Waals surface area (Å²) in [6.45, 7) is 0. The predicted octanol–water partition coefficient (Wildman–Crippen LogP) is 2.82. The molecule has 0 amide bonds. The van der Waals surface area contributed by atoms with Crippen LogP contribution in [0.3, 0.4) is 0 Å². The van der Waals surface area contributed by atoms with Crippen LogP contribution in [0, 0.1) is 10.1 Å². The van der Waals surface area contributed by atoms with Gasteiger partial charge in [0.1, 0.15) is 10.1 Å². The molecule has 1 aromatic rings. The molecule has 19 heavy (non-hydrogen) atoms. The van der Waals surface area contributed by atoms with Crippen LogP contribution < -0.4 is 0 Å². The lowest BCUT2D eigenvalue weighted by Crippen LogP contribution is -2.02. The fourth-order valence-electron chi connectivity index (χ4n) is 1.56. The monoisotopic (exact) mass is 297 g/mol. The van der Waals surface area contributed by atoms with Crippen LogP contribution in [-0.2, 0) is 9.59 Å². The summed E-state index contributed by atoms with van der Waals surface area (Å²) in [4.78, 5) is 33.4. The predicted molar refractivity (Wildman–Crippen MR) is 69.8 cm³/mol. The van der Waals surface area contributed by atoms with Crippen LogP contribution in [0.2, 0.25) is 0 Å². The molecule has 0 unspecified atom stereocenters. The molecule has 0 heterocycles. The molecule has 0 bridgehead atoms. The van der Waals surface area contributed by atoms with E-state index in [1.54, 1.807) is 0 Å². The van der Waals surface area contributed by atoms with Gasteiger partial charge in [-0.15, -0.1) is 0 Å². The molecule has 5 nitrogen and oxygen atoms in total. The summed E-state index contributed by atoms with van der Waals surface area (Å²) in [7, 11) is 0. The molecule has 2 rings (SSSR count). The first kappa shape index (κ1) is 13.5. The van der Waals surface area contributed by atoms with Crippen molar-refractivity contribution in [1.29, 1.82) is 0 Å². The molecule has 0 N–H and O–H groups in total. The Kier molecular flexibility index (Phi) is 3.50. The quantitative estimate of drug-likeness (QED) is 0.364. The summed E-state index contributed by atoms with van der Waals surface area (Å²) in [6.07, 6.45) is 1.23. The van der Waals surface area contributed by atoms with Crippen molar-refractivity contribution in [3.8, 4) is 0 Å². The van der Waals surface area contributed by atoms with Gasteiger partial charge < -0.3 is 0 Å². The molecule has 0 fully saturated rings. The number of nitrogens with zero attached hydrogens (tertiary/aromatic N) is 1. The van der Waals surface area contributed by atoms with Crippen molar-refractivity contribution < 1.29 is 14.5 Å². The first-order valence-electron chi connectivity index (χ1n) is 5.02. The molecule has 0 spiro atoms. The Morgan fingerprint density at radius 2 is 1.68 bits per heavy atom. The van der Waals surface area contributed by atoms with E-state index in [0.717, 1.165) is 0 Å². The van der Waals surface area contributed by atoms with E-state index in [4.69, 9.17) is 23.2 Å². The Morgan fingerprint density at radius 3 is 2.21 bits per heavy atom. The Balaban J connectivity index is 2.44. The van der Waals surface area contributed by atoms with E-state index in [-0.39, 0.29) is 21.3 Å². The lowest BCUT2D eigenvalue weighted by molar-refractivity contribution is -0.384. The zero-order valence-corrected chi connectivity index (χ0v) is 10.7. The molecular formula is C12H5Cl2NO4. The highest BCUT2D eigenvalue weighted by Crippen LogP contribution is 2.31. The number of hydrogen-bond donors (Lipinski definition) is 0. The molecular weight excluding hydrogens is 293 g/mol. The topological polar surface area (TPSA) is 77.3 Å². The Labute approximate surface area is 117 Å². The Bertz CT molecular complexity index is 650. The molecule has 0 radical (unpaired) electrons. The van der Waals surface area contributed by atoms with Crippen LogP contribution >= 0.6 is 23.2 Å². The van der Waals surface area contributed by atoms with Crippen LogP contribution in [0.4, 0.5) is 5.69 Å². The molecule has 96 valence electrons. The van der Waals surface area contributed by atoms with Gasteiger partial charge >= 0.3 is 0 Å². The van der Waals surface area contributed by atoms with Gasteiger partial charge in [-0.2, -0.15) is 0 Å². The zero-order chi connectivity index (χ0) is 14.2. The van der Waals surface area contributed by atoms with E-state index in [2.05, 4.69) is 0 Å². The molecule has 0 saturated carbocycles. The minimum atomic E-state index is -0.678. The molecule has 7 heteroatoms. The fourth-order valence-corrected chi connectivity index (χ4v) is 1.94. The van der Waals surface area contributed by atoms with Gasteiger partial charge in [0.2, 0.25) is 11.6 Å². The molecule has 1 aliphatic rings. The number of allylic oxidation sites excluding steroid dienone is 3. The summed E-state index contributed by atoms with van der Waals surface area (Å²) in [6, 6.07) is 5.53. The number of Topliss-reactive ketones (excluding diaryl/α,β-unsaturated/α-hetero) is 2. The maximum atomic E-state index is 11.7. The highest BCUT2D eigenvalue weighted by molar-refractivity contribution is 6.65. The second-order valence-corrected chi connectivity index (χ2v) is 4.45. The van der Waals surface area contributed by atoms with E-state index in [0.29, 0.717) is 5.56 Å². The van der Waals surface area contributed by atoms with E-state index in [1.165, 1.54) is 30.3 Å². The fraction of sp³-hybridized carbons (Fsp3) is 0. The summed E-state index contributed by atoms with van der Waals surface area (Å²) >= 11 is 11.2. The van der Waals surface area contributed by atoms with Gasteiger partial charge in [-0.3, -0.25) is 19.7 Å². The highest BCUT2D eigenvalue weighted by atomic mass is 35.5. The van der Waals surface area contributed by atoms with Crippen LogP contribution in [0.25, 0.3) is 6.08 Å². The normalized spacial score (nSPS) is 15.2. The van der Waals surface area contributed by atoms with Crippen LogP contribution in [-0.4, -0.2) is 16.5 Å². The van der Waals surface area contributed by atoms with Crippen LogP contribution in [0.1, 0.15) is 5.56 Å². The minimum absolute atomic E-state index is 0.141. The smallest absolute Gasteiger partial charge is 0.270 e. The van der Waals surface area contributed by atoms with Crippen molar-refractivity contribution in [3.05, 3.63) is 55.6 Å². The van der Waals surface area contributed by atoms with Gasteiger partial charge in [0, 0.05) is 12.1 Å². The van der Waals surface area contributed by atoms with Crippen molar-refractivity contribution in [2.75, 3.05) is 0 Å². The first-order valence-corrected chi connectivity index (χ1v) is 5.78. The number of carbonyl (C=O) groups is 2. The lowest BCUT2D eigenvalue weighted by atomic mass is 10.1. The van der Waals surface area contributed by atoms with Gasteiger partial charge in [-0.1, -0.05) is 35.3 Å². The molecule has 0 saturated heterocycles. The average Bonchev–Trinajstić information content (AvgIpc) is 2.57. The summed E-state index contributed by atoms with van der Waals surface area (Å²) in [5, 5.41) is 9.96. The summed E-state index contributed by atoms with van der Waals surface area (Å²) < 4.78 is 0. The first-order chi connectivity index (χ1) is 8.91. The van der Waals surface area contributed by atoms with E-state index in [1.807, 2.05) is 0 Å². The van der Waals surface area contributed by atoms with Crippen molar-refractivity contribution in [3.63, 3.8) is 0 Å². The number of carbonyl (C=O) groups excluding carboxylic acids is 2. The number of hydrogen-bond acceptors (Lipinski definition) is 4. The third-order valence-electron chi connectivity index (χ3n) is 2.47. The van der Waals surface area contributed by atoms with Gasteiger partial charge in [0.05, 0.1) is 10.5 Å². The SMILES string of the molecule is O=C1C(=Cc2cccc([N+](=O)[O-])c2)C(=O)C(Cl)=C1Cl. The third kappa shape index (κ3) is 2.43. The number of rotatable bonds is 2. The minimum Gasteiger partial charge on any atom is -0.287 e. The second kappa shape index (κ2) is 4.95. The number of nitro groups is 1. The largest absolute Gasteiger partial charge is 0.287 e. The molecule has 0 aromatic heterocycles. The van der Waals surface area contributed by atoms with E-state index >= 15 is 0 Å². The van der Waals surface area contributed by atoms with Crippen molar-refractivity contribution in [1.82, 2.24) is 0 Å². The van der Waals surface area contributed by atoms with Gasteiger partial charge in [0.25, 0.3) is 5.69 Å². The number of ketones is 2. The number of non-ortho nitro benzene ring substituents is 1. The number of benzene rings is 1. The molecule has 1 aliphatic carbocycles. The van der Waals surface area contributed by atoms with E-state index < -0.39 is 16.5 Å². The van der Waals surface area contributed by atoms with Crippen LogP contribution in [0.5, 0.6) is 0 Å². The molecule has 0 atom stereocenters. The lowest BCUT2D eigenvalue weighted by Gasteiger charge is -1.97. The van der Waals surface area contributed by atoms with Crippen molar-refractivity contribution in [2.24, 2.45) is 0 Å². The van der Waals surface area contributed by atoms with Gasteiger partial charge in [0.15, 0.2) is 0 Å². The Morgan fingerprint density at radius 1 is 1.11 bits per heavy atom. The van der Waals surface area contributed by atoms with Crippen LogP contribution in [0.15, 0.2) is 39.9 Å². The standard InChI is InChI=1S/C12H5Cl2NO4/c13-9-10(14)12(17)8(11(9)16)5-6-2-1-3-7(4-6)15(18)19/h1-5H. The van der Waals surface area contributed by atoms with Gasteiger partial charge in [-0.05, 0) is 11.6 Å². The van der Waals surface area contributed by atoms with Gasteiger partial charge in [-0.25, -0.2) is 0 Å². The maximum absolute atomic E-state index is 11.7. The van der Waals surface area contributed by atoms with Crippen molar-refractivity contribution >= 4 is 46.5 Å². The zero-order valence-electron chi connectivity index (χ0n) is 9.22. The molecule has 1 aromatic carbocycles. The second-order valence-electron chi connectivity index (χ2n) is 3.70. The number of nitro benzene ring substituents is 1. The van der Waals surface area contributed by atoms with Crippen molar-refractivity contribution in [2.45, 2.75) is 0 Å². The third-order valence-corrected chi connectivity index (χ3v) is 3.29. The highest BCUT2D eigenvalue weighted by Gasteiger charge is 2.34. The average molecular weight is 298 g/mol. The van der Waals surface area contributed by atoms with E-state index in [9.17, 15) is 19.7 Å². The summed E-state index contributed by atoms with van der Waals surface area (Å²) in [5.74, 6) is -1.36. The number of halogens is 2. The Hall–Kier alpha value is -1.98. The maximum Gasteiger partial charge on any atom is 0.270 e. The summed E-state index contributed by atoms with van der Waals surface area (Å²) in [5.41, 5.74) is 0.00892. The molecule has 0 aliphatic heterocycles.